The molecule has 8 heteroatoms. The number of aromatic nitrogens is 1. The lowest BCUT2D eigenvalue weighted by molar-refractivity contribution is -0.120. The summed E-state index contributed by atoms with van der Waals surface area (Å²) >= 11 is 3.30. The number of benzene rings is 1. The molecule has 0 bridgehead atoms. The lowest BCUT2D eigenvalue weighted by Gasteiger charge is -2.31. The predicted molar refractivity (Wildman–Crippen MR) is 113 cm³/mol. The maximum Gasteiger partial charge on any atom is 0.243 e. The van der Waals surface area contributed by atoms with Crippen LogP contribution in [-0.2, 0) is 14.8 Å². The average Bonchev–Trinajstić information content (AvgIpc) is 2.70. The Morgan fingerprint density at radius 1 is 1.21 bits per heavy atom. The van der Waals surface area contributed by atoms with Gasteiger partial charge < -0.3 is 5.32 Å². The molecule has 2 aromatic rings. The van der Waals surface area contributed by atoms with E-state index in [4.69, 9.17) is 0 Å². The second-order valence-electron chi connectivity index (χ2n) is 7.28. The Morgan fingerprint density at radius 3 is 2.54 bits per heavy atom. The van der Waals surface area contributed by atoms with Crippen LogP contribution in [-0.4, -0.2) is 36.7 Å². The molecule has 1 amide bonds. The van der Waals surface area contributed by atoms with Crippen molar-refractivity contribution in [2.45, 2.75) is 37.5 Å². The molecule has 1 aromatic carbocycles. The number of carbonyl (C=O) groups excluding carboxylic acids is 1. The molecule has 1 aliphatic rings. The summed E-state index contributed by atoms with van der Waals surface area (Å²) < 4.78 is 28.3. The quantitative estimate of drug-likeness (QED) is 0.723. The van der Waals surface area contributed by atoms with E-state index in [0.29, 0.717) is 31.1 Å². The number of pyridine rings is 1. The van der Waals surface area contributed by atoms with Crippen molar-refractivity contribution in [3.05, 3.63) is 52.6 Å². The smallest absolute Gasteiger partial charge is 0.243 e. The van der Waals surface area contributed by atoms with Crippen LogP contribution in [0.4, 0.5) is 5.82 Å². The number of piperidine rings is 1. The first-order valence-corrected chi connectivity index (χ1v) is 11.5. The molecule has 1 fully saturated rings. The van der Waals surface area contributed by atoms with Crippen molar-refractivity contribution >= 4 is 37.7 Å². The monoisotopic (exact) mass is 465 g/mol. The lowest BCUT2D eigenvalue weighted by atomic mass is 9.99. The normalized spacial score (nSPS) is 18.2. The Morgan fingerprint density at radius 2 is 1.93 bits per heavy atom. The maximum atomic E-state index is 13.0. The minimum Gasteiger partial charge on any atom is -0.310 e. The summed E-state index contributed by atoms with van der Waals surface area (Å²) in [6.07, 6.45) is 2.91. The summed E-state index contributed by atoms with van der Waals surface area (Å²) in [5.74, 6) is 0.193. The topological polar surface area (TPSA) is 79.4 Å². The van der Waals surface area contributed by atoms with Crippen LogP contribution in [0.1, 0.15) is 38.2 Å². The van der Waals surface area contributed by atoms with Crippen molar-refractivity contribution < 1.29 is 13.2 Å². The van der Waals surface area contributed by atoms with Crippen molar-refractivity contribution in [3.8, 4) is 0 Å². The van der Waals surface area contributed by atoms with E-state index in [9.17, 15) is 13.2 Å². The van der Waals surface area contributed by atoms with Crippen LogP contribution in [0, 0.1) is 5.92 Å². The zero-order valence-electron chi connectivity index (χ0n) is 15.9. The Labute approximate surface area is 174 Å². The molecule has 0 spiro atoms. The van der Waals surface area contributed by atoms with E-state index in [-0.39, 0.29) is 17.3 Å². The number of sulfonamides is 1. The molecule has 1 saturated heterocycles. The maximum absolute atomic E-state index is 13.0. The lowest BCUT2D eigenvalue weighted by Crippen LogP contribution is -2.43. The Balaban J connectivity index is 1.70. The molecule has 0 aliphatic carbocycles. The van der Waals surface area contributed by atoms with Gasteiger partial charge in [-0.3, -0.25) is 4.79 Å². The van der Waals surface area contributed by atoms with Crippen LogP contribution in [0.5, 0.6) is 0 Å². The minimum atomic E-state index is -3.62. The highest BCUT2D eigenvalue weighted by Gasteiger charge is 2.33. The third-order valence-corrected chi connectivity index (χ3v) is 7.27. The first-order valence-electron chi connectivity index (χ1n) is 9.30. The van der Waals surface area contributed by atoms with Crippen molar-refractivity contribution in [2.75, 3.05) is 18.4 Å². The number of anilines is 1. The third-order valence-electron chi connectivity index (χ3n) is 4.92. The van der Waals surface area contributed by atoms with Crippen LogP contribution in [0.25, 0.3) is 0 Å². The molecule has 1 atom stereocenters. The summed E-state index contributed by atoms with van der Waals surface area (Å²) in [6.45, 7) is 4.74. The number of carbonyl (C=O) groups is 1. The molecule has 1 N–H and O–H groups in total. The molecular weight excluding hydrogens is 442 g/mol. The summed E-state index contributed by atoms with van der Waals surface area (Å²) in [4.78, 5) is 17.0. The van der Waals surface area contributed by atoms with Gasteiger partial charge >= 0.3 is 0 Å². The Bertz CT molecular complexity index is 928. The zero-order chi connectivity index (χ0) is 20.3. The minimum absolute atomic E-state index is 0.177. The van der Waals surface area contributed by atoms with Crippen molar-refractivity contribution in [2.24, 2.45) is 5.92 Å². The van der Waals surface area contributed by atoms with Gasteiger partial charge in [-0.05, 0) is 64.5 Å². The molecule has 3 rings (SSSR count). The fourth-order valence-corrected chi connectivity index (χ4v) is 4.98. The molecule has 1 aliphatic heterocycles. The van der Waals surface area contributed by atoms with E-state index in [2.05, 4.69) is 40.1 Å². The van der Waals surface area contributed by atoms with Crippen molar-refractivity contribution in [1.82, 2.24) is 9.29 Å². The summed E-state index contributed by atoms with van der Waals surface area (Å²) in [6, 6.07) is 10.5. The Hall–Kier alpha value is -1.77. The van der Waals surface area contributed by atoms with Gasteiger partial charge in [0.1, 0.15) is 5.82 Å². The van der Waals surface area contributed by atoms with Gasteiger partial charge in [-0.2, -0.15) is 4.31 Å². The van der Waals surface area contributed by atoms with E-state index in [0.717, 1.165) is 10.0 Å². The summed E-state index contributed by atoms with van der Waals surface area (Å²) in [5.41, 5.74) is 1.09. The molecule has 0 radical (unpaired) electrons. The second kappa shape index (κ2) is 8.71. The molecule has 0 unspecified atom stereocenters. The molecule has 1 aromatic heterocycles. The highest BCUT2D eigenvalue weighted by Crippen LogP contribution is 2.26. The van der Waals surface area contributed by atoms with Gasteiger partial charge in [0.25, 0.3) is 0 Å². The molecule has 28 heavy (non-hydrogen) atoms. The highest BCUT2D eigenvalue weighted by molar-refractivity contribution is 9.10. The van der Waals surface area contributed by atoms with Gasteiger partial charge in [-0.1, -0.05) is 26.0 Å². The fraction of sp³-hybridized carbons (Fsp3) is 0.400. The van der Waals surface area contributed by atoms with Crippen molar-refractivity contribution in [3.63, 3.8) is 0 Å². The first kappa shape index (κ1) is 21.0. The van der Waals surface area contributed by atoms with E-state index < -0.39 is 15.9 Å². The number of hydrogen-bond donors (Lipinski definition) is 1. The van der Waals surface area contributed by atoms with Crippen molar-refractivity contribution in [1.29, 1.82) is 0 Å². The number of nitrogens with one attached hydrogen (secondary N) is 1. The molecule has 2 heterocycles. The van der Waals surface area contributed by atoms with Crippen LogP contribution >= 0.6 is 15.9 Å². The zero-order valence-corrected chi connectivity index (χ0v) is 18.3. The number of nitrogens with zero attached hydrogens (tertiary/aromatic N) is 2. The van der Waals surface area contributed by atoms with Gasteiger partial charge in [0, 0.05) is 23.8 Å². The SMILES string of the molecule is CC(C)c1ccc(S(=O)(=O)N2CCC[C@H](C(=O)Nc3ccc(Br)cn3)C2)cc1. The van der Waals surface area contributed by atoms with E-state index in [1.807, 2.05) is 12.1 Å². The van der Waals surface area contributed by atoms with Crippen LogP contribution in [0.2, 0.25) is 0 Å². The highest BCUT2D eigenvalue weighted by atomic mass is 79.9. The van der Waals surface area contributed by atoms with E-state index >= 15 is 0 Å². The molecule has 150 valence electrons. The predicted octanol–water partition coefficient (Wildman–Crippen LogP) is 4.01. The third kappa shape index (κ3) is 4.79. The van der Waals surface area contributed by atoms with Gasteiger partial charge in [-0.15, -0.1) is 0 Å². The van der Waals surface area contributed by atoms with Crippen LogP contribution in [0.3, 0.4) is 0 Å². The fourth-order valence-electron chi connectivity index (χ4n) is 3.23. The van der Waals surface area contributed by atoms with Gasteiger partial charge in [0.2, 0.25) is 15.9 Å². The van der Waals surface area contributed by atoms with E-state index in [1.165, 1.54) is 4.31 Å². The standard InChI is InChI=1S/C20H24BrN3O3S/c1-14(2)15-5-8-18(9-6-15)28(26,27)24-11-3-4-16(13-24)20(25)23-19-10-7-17(21)12-22-19/h5-10,12,14,16H,3-4,11,13H2,1-2H3,(H,22,23,25)/t16-/m0/s1. The largest absolute Gasteiger partial charge is 0.310 e. The molecular formula is C20H24BrN3O3S. The number of rotatable bonds is 5. The number of halogens is 1. The van der Waals surface area contributed by atoms with Crippen LogP contribution < -0.4 is 5.32 Å². The average molecular weight is 466 g/mol. The van der Waals surface area contributed by atoms with Crippen LogP contribution in [0.15, 0.2) is 52.0 Å². The van der Waals surface area contributed by atoms with E-state index in [1.54, 1.807) is 30.5 Å². The molecule has 6 nitrogen and oxygen atoms in total. The van der Waals surface area contributed by atoms with Gasteiger partial charge in [0.15, 0.2) is 0 Å². The number of hydrogen-bond acceptors (Lipinski definition) is 4. The Kier molecular flexibility index (Phi) is 6.52. The number of amides is 1. The van der Waals surface area contributed by atoms with Gasteiger partial charge in [-0.25, -0.2) is 13.4 Å². The summed E-state index contributed by atoms with van der Waals surface area (Å²) in [5, 5.41) is 2.78. The summed E-state index contributed by atoms with van der Waals surface area (Å²) in [7, 11) is -3.62. The molecule has 0 saturated carbocycles. The first-order chi connectivity index (χ1) is 13.3. The second-order valence-corrected chi connectivity index (χ2v) is 10.1. The van der Waals surface area contributed by atoms with Gasteiger partial charge in [0.05, 0.1) is 10.8 Å².